The van der Waals surface area contributed by atoms with Gasteiger partial charge < -0.3 is 0 Å². The molecule has 0 saturated heterocycles. The van der Waals surface area contributed by atoms with Crippen molar-refractivity contribution < 1.29 is 0 Å². The van der Waals surface area contributed by atoms with Gasteiger partial charge in [-0.25, -0.2) is 0 Å². The minimum Gasteiger partial charge on any atom is -0.280 e. The van der Waals surface area contributed by atoms with Crippen molar-refractivity contribution in [3.8, 4) is 5.69 Å². The molecule has 112 valence electrons. The Bertz CT molecular complexity index is 887. The van der Waals surface area contributed by atoms with E-state index in [1.807, 2.05) is 12.1 Å². The number of rotatable bonds is 5. The first-order chi connectivity index (χ1) is 10.7. The van der Waals surface area contributed by atoms with Crippen LogP contribution in [0.15, 0.2) is 59.3 Å². The lowest BCUT2D eigenvalue weighted by Crippen LogP contribution is -2.20. The fourth-order valence-corrected chi connectivity index (χ4v) is 3.06. The predicted octanol–water partition coefficient (Wildman–Crippen LogP) is 3.20. The number of benzene rings is 1. The maximum absolute atomic E-state index is 12.6. The van der Waals surface area contributed by atoms with Crippen LogP contribution in [0.1, 0.15) is 6.42 Å². The standard InChI is InChI=1S/C15H13ClN4OS/c1-2-3-9-22-15-18-17-13-14(21)19(7-8-20(13)15)12-6-4-5-11(16)10-12/h2,4-8,10H,1,3,9H2. The first-order valence-electron chi connectivity index (χ1n) is 6.67. The van der Waals surface area contributed by atoms with Gasteiger partial charge in [-0.3, -0.25) is 13.8 Å². The Morgan fingerprint density at radius 2 is 2.18 bits per heavy atom. The van der Waals surface area contributed by atoms with Crippen LogP contribution in [0.4, 0.5) is 0 Å². The molecule has 0 aliphatic rings. The van der Waals surface area contributed by atoms with Crippen LogP contribution in [0.3, 0.4) is 0 Å². The molecule has 0 aliphatic heterocycles. The molecule has 22 heavy (non-hydrogen) atoms. The van der Waals surface area contributed by atoms with Gasteiger partial charge in [-0.15, -0.1) is 16.8 Å². The largest absolute Gasteiger partial charge is 0.300 e. The van der Waals surface area contributed by atoms with Gasteiger partial charge in [0.05, 0.1) is 5.69 Å². The quantitative estimate of drug-likeness (QED) is 0.409. The van der Waals surface area contributed by atoms with Gasteiger partial charge in [-0.2, -0.15) is 0 Å². The molecule has 0 saturated carbocycles. The summed E-state index contributed by atoms with van der Waals surface area (Å²) < 4.78 is 3.21. The van der Waals surface area contributed by atoms with Crippen molar-refractivity contribution in [2.75, 3.05) is 5.75 Å². The highest BCUT2D eigenvalue weighted by atomic mass is 35.5. The number of aromatic nitrogens is 4. The third-order valence-electron chi connectivity index (χ3n) is 3.08. The molecule has 0 atom stereocenters. The van der Waals surface area contributed by atoms with Crippen LogP contribution < -0.4 is 5.56 Å². The molecule has 0 unspecified atom stereocenters. The van der Waals surface area contributed by atoms with Crippen molar-refractivity contribution in [1.29, 1.82) is 0 Å². The van der Waals surface area contributed by atoms with Crippen LogP contribution >= 0.6 is 23.4 Å². The van der Waals surface area contributed by atoms with Gasteiger partial charge in [0.1, 0.15) is 0 Å². The molecular weight excluding hydrogens is 320 g/mol. The van der Waals surface area contributed by atoms with Crippen molar-refractivity contribution in [3.63, 3.8) is 0 Å². The molecule has 5 nitrogen and oxygen atoms in total. The predicted molar refractivity (Wildman–Crippen MR) is 89.1 cm³/mol. The van der Waals surface area contributed by atoms with Crippen LogP contribution in [0.2, 0.25) is 5.02 Å². The van der Waals surface area contributed by atoms with Crippen molar-refractivity contribution in [2.24, 2.45) is 0 Å². The number of halogens is 1. The summed E-state index contributed by atoms with van der Waals surface area (Å²) in [5.74, 6) is 0.849. The molecule has 0 bridgehead atoms. The molecule has 3 aromatic rings. The number of hydrogen-bond acceptors (Lipinski definition) is 4. The molecular formula is C15H13ClN4OS. The van der Waals surface area contributed by atoms with E-state index >= 15 is 0 Å². The SMILES string of the molecule is C=CCCSc1nnc2c(=O)n(-c3cccc(Cl)c3)ccn12. The number of thioether (sulfide) groups is 1. The van der Waals surface area contributed by atoms with E-state index in [4.69, 9.17) is 11.6 Å². The summed E-state index contributed by atoms with van der Waals surface area (Å²) in [6.07, 6.45) is 6.21. The number of allylic oxidation sites excluding steroid dienone is 1. The molecule has 0 spiro atoms. The third-order valence-corrected chi connectivity index (χ3v) is 4.29. The zero-order chi connectivity index (χ0) is 15.5. The molecule has 0 radical (unpaired) electrons. The zero-order valence-electron chi connectivity index (χ0n) is 11.6. The Kier molecular flexibility index (Phi) is 4.31. The highest BCUT2D eigenvalue weighted by Crippen LogP contribution is 2.17. The van der Waals surface area contributed by atoms with E-state index in [1.54, 1.807) is 46.8 Å². The first kappa shape index (κ1) is 14.9. The highest BCUT2D eigenvalue weighted by Gasteiger charge is 2.11. The number of nitrogens with zero attached hydrogens (tertiary/aromatic N) is 4. The summed E-state index contributed by atoms with van der Waals surface area (Å²) in [6, 6.07) is 7.12. The molecule has 2 aromatic heterocycles. The van der Waals surface area contributed by atoms with Gasteiger partial charge >= 0.3 is 5.56 Å². The van der Waals surface area contributed by atoms with Crippen molar-refractivity contribution >= 4 is 29.0 Å². The van der Waals surface area contributed by atoms with E-state index in [2.05, 4.69) is 16.8 Å². The summed E-state index contributed by atoms with van der Waals surface area (Å²) in [5.41, 5.74) is 0.764. The third kappa shape index (κ3) is 2.80. The van der Waals surface area contributed by atoms with Crippen molar-refractivity contribution in [3.05, 3.63) is 64.7 Å². The van der Waals surface area contributed by atoms with Gasteiger partial charge in [0.15, 0.2) is 5.16 Å². The van der Waals surface area contributed by atoms with Gasteiger partial charge in [0, 0.05) is 23.2 Å². The maximum Gasteiger partial charge on any atom is 0.300 e. The van der Waals surface area contributed by atoms with E-state index in [-0.39, 0.29) is 5.56 Å². The Morgan fingerprint density at radius 3 is 2.95 bits per heavy atom. The smallest absolute Gasteiger partial charge is 0.280 e. The maximum atomic E-state index is 12.6. The second kappa shape index (κ2) is 6.37. The minimum absolute atomic E-state index is 0.229. The van der Waals surface area contributed by atoms with Crippen LogP contribution in [0.25, 0.3) is 11.3 Å². The van der Waals surface area contributed by atoms with Gasteiger partial charge in [0.2, 0.25) is 5.65 Å². The average Bonchev–Trinajstić information content (AvgIpc) is 2.92. The fourth-order valence-electron chi connectivity index (χ4n) is 2.03. The first-order valence-corrected chi connectivity index (χ1v) is 8.03. The molecule has 1 aromatic carbocycles. The van der Waals surface area contributed by atoms with E-state index in [9.17, 15) is 4.79 Å². The summed E-state index contributed by atoms with van der Waals surface area (Å²) in [4.78, 5) is 12.6. The van der Waals surface area contributed by atoms with Crippen molar-refractivity contribution in [2.45, 2.75) is 11.6 Å². The topological polar surface area (TPSA) is 52.2 Å². The normalized spacial score (nSPS) is 11.0. The van der Waals surface area contributed by atoms with Crippen LogP contribution in [-0.4, -0.2) is 24.9 Å². The van der Waals surface area contributed by atoms with Crippen LogP contribution in [0, 0.1) is 0 Å². The van der Waals surface area contributed by atoms with Gasteiger partial charge in [0.25, 0.3) is 0 Å². The number of fused-ring (bicyclic) bond motifs is 1. The summed E-state index contributed by atoms with van der Waals surface area (Å²) >= 11 is 7.52. The van der Waals surface area contributed by atoms with Crippen LogP contribution in [0.5, 0.6) is 0 Å². The molecule has 2 heterocycles. The molecule has 3 rings (SSSR count). The van der Waals surface area contributed by atoms with Crippen molar-refractivity contribution in [1.82, 2.24) is 19.2 Å². The second-order valence-electron chi connectivity index (χ2n) is 4.56. The fraction of sp³-hybridized carbons (Fsp3) is 0.133. The highest BCUT2D eigenvalue weighted by molar-refractivity contribution is 7.99. The molecule has 0 N–H and O–H groups in total. The van der Waals surface area contributed by atoms with Gasteiger partial charge in [-0.1, -0.05) is 35.5 Å². The molecule has 0 fully saturated rings. The average molecular weight is 333 g/mol. The number of hydrogen-bond donors (Lipinski definition) is 0. The zero-order valence-corrected chi connectivity index (χ0v) is 13.2. The Balaban J connectivity index is 2.04. The summed E-state index contributed by atoms with van der Waals surface area (Å²) in [5, 5.41) is 9.36. The Hall–Kier alpha value is -2.05. The lowest BCUT2D eigenvalue weighted by Gasteiger charge is -2.06. The van der Waals surface area contributed by atoms with E-state index in [0.29, 0.717) is 21.5 Å². The van der Waals surface area contributed by atoms with E-state index < -0.39 is 0 Å². The lowest BCUT2D eigenvalue weighted by molar-refractivity contribution is 0.893. The second-order valence-corrected chi connectivity index (χ2v) is 6.05. The Labute approximate surface area is 136 Å². The van der Waals surface area contributed by atoms with Gasteiger partial charge in [-0.05, 0) is 24.6 Å². The lowest BCUT2D eigenvalue weighted by atomic mass is 10.3. The minimum atomic E-state index is -0.229. The molecule has 0 aliphatic carbocycles. The van der Waals surface area contributed by atoms with E-state index in [0.717, 1.165) is 12.2 Å². The summed E-state index contributed by atoms with van der Waals surface area (Å²) in [7, 11) is 0. The molecule has 7 heteroatoms. The Morgan fingerprint density at radius 1 is 1.32 bits per heavy atom. The summed E-state index contributed by atoms with van der Waals surface area (Å²) in [6.45, 7) is 3.69. The molecule has 0 amide bonds. The van der Waals surface area contributed by atoms with E-state index in [1.165, 1.54) is 4.57 Å². The monoisotopic (exact) mass is 332 g/mol. The van der Waals surface area contributed by atoms with Crippen LogP contribution in [-0.2, 0) is 0 Å².